The summed E-state index contributed by atoms with van der Waals surface area (Å²) in [7, 11) is 0. The monoisotopic (exact) mass is 230 g/mol. The van der Waals surface area contributed by atoms with Gasteiger partial charge in [0, 0.05) is 0 Å². The topological polar surface area (TPSA) is 84.4 Å². The van der Waals surface area contributed by atoms with Gasteiger partial charge in [0.1, 0.15) is 0 Å². The summed E-state index contributed by atoms with van der Waals surface area (Å²) < 4.78 is 14.3. The van der Waals surface area contributed by atoms with E-state index >= 15 is 0 Å². The average molecular weight is 230 g/mol. The van der Waals surface area contributed by atoms with Gasteiger partial charge in [-0.05, 0) is 6.08 Å². The van der Waals surface area contributed by atoms with Crippen LogP contribution >= 0.6 is 12.2 Å². The molecule has 0 aliphatic heterocycles. The van der Waals surface area contributed by atoms with E-state index in [9.17, 15) is 9.18 Å². The van der Waals surface area contributed by atoms with Gasteiger partial charge < -0.3 is 5.73 Å². The van der Waals surface area contributed by atoms with Crippen LogP contribution in [0.15, 0.2) is 24.3 Å². The van der Waals surface area contributed by atoms with Crippen LogP contribution in [0.3, 0.4) is 0 Å². The third-order valence-electron chi connectivity index (χ3n) is 2.02. The minimum Gasteiger partial charge on any atom is -0.320 e. The van der Waals surface area contributed by atoms with E-state index < -0.39 is 17.7 Å². The third kappa shape index (κ3) is 2.10. The number of carbonyl (C=O) groups is 1. The van der Waals surface area contributed by atoms with Gasteiger partial charge in [0.2, 0.25) is 5.79 Å². The standard InChI is InChI=1S/C8H11FN4OS/c9-8(4-2-1-3-6(8)10)13(12-11)7(14)5-15/h1-6,12H,10-11H2. The lowest BCUT2D eigenvalue weighted by Crippen LogP contribution is -2.64. The maximum Gasteiger partial charge on any atom is 0.275 e. The van der Waals surface area contributed by atoms with E-state index in [1.807, 2.05) is 5.53 Å². The number of thiocarbonyl (C=S) groups is 1. The van der Waals surface area contributed by atoms with Crippen LogP contribution in [0.5, 0.6) is 0 Å². The second kappa shape index (κ2) is 4.58. The van der Waals surface area contributed by atoms with E-state index in [4.69, 9.17) is 11.6 Å². The molecule has 5 nitrogen and oxygen atoms in total. The predicted molar refractivity (Wildman–Crippen MR) is 57.9 cm³/mol. The molecule has 82 valence electrons. The van der Waals surface area contributed by atoms with Crippen molar-refractivity contribution < 1.29 is 9.18 Å². The number of hydrazine groups is 2. The van der Waals surface area contributed by atoms with Gasteiger partial charge in [-0.2, -0.15) is 5.53 Å². The maximum atomic E-state index is 14.3. The first-order valence-electron chi connectivity index (χ1n) is 4.12. The summed E-state index contributed by atoms with van der Waals surface area (Å²) in [6.45, 7) is 0. The number of nitrogens with zero attached hydrogens (tertiary/aromatic N) is 1. The molecule has 0 radical (unpaired) electrons. The van der Waals surface area contributed by atoms with E-state index in [1.54, 1.807) is 6.08 Å². The van der Waals surface area contributed by atoms with Crippen LogP contribution in [0.4, 0.5) is 4.39 Å². The fourth-order valence-electron chi connectivity index (χ4n) is 1.23. The molecule has 1 rings (SSSR count). The molecule has 1 aliphatic carbocycles. The minimum atomic E-state index is -2.21. The van der Waals surface area contributed by atoms with Crippen LogP contribution in [-0.4, -0.2) is 28.1 Å². The van der Waals surface area contributed by atoms with Crippen LogP contribution < -0.4 is 17.1 Å². The number of alkyl halides is 1. The summed E-state index contributed by atoms with van der Waals surface area (Å²) in [5, 5.41) is 1.32. The molecule has 1 aliphatic rings. The normalized spacial score (nSPS) is 28.9. The molecule has 15 heavy (non-hydrogen) atoms. The Bertz CT molecular complexity index is 333. The number of nitrogens with two attached hydrogens (primary N) is 2. The SMILES string of the molecule is NNN(C(=O)C=S)C1(F)C=CC=CC1N. The molecule has 0 heterocycles. The van der Waals surface area contributed by atoms with Gasteiger partial charge in [-0.25, -0.2) is 9.40 Å². The summed E-state index contributed by atoms with van der Waals surface area (Å²) in [6, 6.07) is -1.00. The van der Waals surface area contributed by atoms with Crippen LogP contribution in [0.1, 0.15) is 0 Å². The van der Waals surface area contributed by atoms with Crippen LogP contribution in [0.25, 0.3) is 0 Å². The van der Waals surface area contributed by atoms with Crippen LogP contribution in [-0.2, 0) is 4.79 Å². The summed E-state index contributed by atoms with van der Waals surface area (Å²) in [6.07, 6.45) is 5.57. The Morgan fingerprint density at radius 2 is 2.33 bits per heavy atom. The first kappa shape index (κ1) is 11.9. The van der Waals surface area contributed by atoms with Crippen molar-refractivity contribution in [2.45, 2.75) is 11.8 Å². The van der Waals surface area contributed by atoms with Crippen molar-refractivity contribution in [2.24, 2.45) is 11.6 Å². The molecule has 0 saturated heterocycles. The van der Waals surface area contributed by atoms with E-state index in [0.29, 0.717) is 5.01 Å². The number of hydrogen-bond donors (Lipinski definition) is 3. The number of amides is 1. The lowest BCUT2D eigenvalue weighted by molar-refractivity contribution is -0.141. The molecule has 0 aromatic heterocycles. The maximum absolute atomic E-state index is 14.3. The number of nitrogens with one attached hydrogen (secondary N) is 1. The van der Waals surface area contributed by atoms with Crippen molar-refractivity contribution in [1.29, 1.82) is 0 Å². The lowest BCUT2D eigenvalue weighted by Gasteiger charge is -2.37. The summed E-state index contributed by atoms with van der Waals surface area (Å²) in [5.41, 5.74) is 7.47. The minimum absolute atomic E-state index is 0.546. The third-order valence-corrected chi connectivity index (χ3v) is 2.22. The van der Waals surface area contributed by atoms with Gasteiger partial charge in [0.05, 0.1) is 11.4 Å². The highest BCUT2D eigenvalue weighted by Gasteiger charge is 2.42. The first-order chi connectivity index (χ1) is 7.06. The quantitative estimate of drug-likeness (QED) is 0.259. The van der Waals surface area contributed by atoms with Crippen molar-refractivity contribution in [3.8, 4) is 0 Å². The molecule has 1 amide bonds. The van der Waals surface area contributed by atoms with Gasteiger partial charge in [-0.3, -0.25) is 10.6 Å². The number of carbonyl (C=O) groups excluding carboxylic acids is 1. The molecular formula is C8H11FN4OS. The fraction of sp³-hybridized carbons (Fsp3) is 0.250. The Kier molecular flexibility index (Phi) is 3.64. The zero-order valence-electron chi connectivity index (χ0n) is 7.76. The number of allylic oxidation sites excluding steroid dienone is 2. The van der Waals surface area contributed by atoms with Crippen molar-refractivity contribution in [3.63, 3.8) is 0 Å². The van der Waals surface area contributed by atoms with Gasteiger partial charge in [0.15, 0.2) is 0 Å². The second-order valence-electron chi connectivity index (χ2n) is 2.92. The Morgan fingerprint density at radius 3 is 2.80 bits per heavy atom. The van der Waals surface area contributed by atoms with Crippen LogP contribution in [0, 0.1) is 0 Å². The summed E-state index contributed by atoms with van der Waals surface area (Å²) >= 11 is 4.41. The molecule has 2 unspecified atom stereocenters. The van der Waals surface area contributed by atoms with E-state index in [2.05, 4.69) is 12.2 Å². The smallest absolute Gasteiger partial charge is 0.275 e. The average Bonchev–Trinajstić information content (AvgIpc) is 2.23. The highest BCUT2D eigenvalue weighted by atomic mass is 32.1. The fourth-order valence-corrected chi connectivity index (χ4v) is 1.33. The Labute approximate surface area is 91.5 Å². The van der Waals surface area contributed by atoms with E-state index in [-0.39, 0.29) is 0 Å². The Balaban J connectivity index is 3.01. The highest BCUT2D eigenvalue weighted by molar-refractivity contribution is 7.80. The van der Waals surface area contributed by atoms with Crippen molar-refractivity contribution in [3.05, 3.63) is 24.3 Å². The van der Waals surface area contributed by atoms with Gasteiger partial charge in [-0.15, -0.1) is 0 Å². The summed E-state index contributed by atoms with van der Waals surface area (Å²) in [5.74, 6) is 2.08. The second-order valence-corrected chi connectivity index (χ2v) is 3.15. The molecule has 0 spiro atoms. The van der Waals surface area contributed by atoms with E-state index in [0.717, 1.165) is 11.4 Å². The Hall–Kier alpha value is -1.15. The Morgan fingerprint density at radius 1 is 1.67 bits per heavy atom. The molecule has 0 fully saturated rings. The van der Waals surface area contributed by atoms with Gasteiger partial charge >= 0.3 is 0 Å². The van der Waals surface area contributed by atoms with Gasteiger partial charge in [-0.1, -0.05) is 30.4 Å². The zero-order valence-corrected chi connectivity index (χ0v) is 8.58. The molecule has 0 bridgehead atoms. The molecule has 5 N–H and O–H groups in total. The van der Waals surface area contributed by atoms with Crippen LogP contribution in [0.2, 0.25) is 0 Å². The van der Waals surface area contributed by atoms with Crippen molar-refractivity contribution in [1.82, 2.24) is 10.5 Å². The number of rotatable bonds is 3. The van der Waals surface area contributed by atoms with Gasteiger partial charge in [0.25, 0.3) is 5.91 Å². The number of halogens is 1. The molecule has 0 aromatic carbocycles. The summed E-state index contributed by atoms with van der Waals surface area (Å²) in [4.78, 5) is 11.3. The molecule has 7 heteroatoms. The molecule has 2 atom stereocenters. The van der Waals surface area contributed by atoms with E-state index in [1.165, 1.54) is 12.2 Å². The largest absolute Gasteiger partial charge is 0.320 e. The zero-order chi connectivity index (χ0) is 11.5. The number of hydrogen-bond acceptors (Lipinski definition) is 5. The van der Waals surface area contributed by atoms with Crippen molar-refractivity contribution >= 4 is 23.5 Å². The van der Waals surface area contributed by atoms with Crippen molar-refractivity contribution in [2.75, 3.05) is 0 Å². The molecule has 0 aromatic rings. The predicted octanol–water partition coefficient (Wildman–Crippen LogP) is -0.688. The molecular weight excluding hydrogens is 219 g/mol. The lowest BCUT2D eigenvalue weighted by atomic mass is 10.0. The first-order valence-corrected chi connectivity index (χ1v) is 4.59. The molecule has 0 saturated carbocycles. The highest BCUT2D eigenvalue weighted by Crippen LogP contribution is 2.24.